The van der Waals surface area contributed by atoms with E-state index in [4.69, 9.17) is 10.3 Å². The maximum Gasteiger partial charge on any atom is 0.326 e. The van der Waals surface area contributed by atoms with E-state index >= 15 is 0 Å². The molecule has 0 aliphatic rings. The summed E-state index contributed by atoms with van der Waals surface area (Å²) in [6.07, 6.45) is -0.509. The summed E-state index contributed by atoms with van der Waals surface area (Å²) < 4.78 is 0. The molecule has 0 heterocycles. The topological polar surface area (TPSA) is 116 Å². The van der Waals surface area contributed by atoms with Gasteiger partial charge in [-0.2, -0.15) is 0 Å². The number of hydrogen-bond donors (Lipinski definition) is 4. The number of nitrogens with one attached hydrogen (secondary N) is 2. The molecule has 0 rings (SSSR count). The fraction of sp³-hybridized carbons (Fsp3) is 0.500. The standard InChI is InChI=1S/C6H10N2O5/c1-3(9)7-4(6(11)12)2-5(10)8-13/h4,13H,2H2,1H3,(H,7,9)(H,8,10)(H,11,12). The van der Waals surface area contributed by atoms with Crippen molar-refractivity contribution in [1.29, 1.82) is 0 Å². The quantitative estimate of drug-likeness (QED) is 0.317. The molecule has 13 heavy (non-hydrogen) atoms. The molecule has 0 fully saturated rings. The van der Waals surface area contributed by atoms with Crippen LogP contribution in [0.3, 0.4) is 0 Å². The van der Waals surface area contributed by atoms with Crippen molar-refractivity contribution in [3.05, 3.63) is 0 Å². The Bertz CT molecular complexity index is 227. The number of carbonyl (C=O) groups excluding carboxylic acids is 2. The highest BCUT2D eigenvalue weighted by molar-refractivity contribution is 5.87. The lowest BCUT2D eigenvalue weighted by molar-refractivity contribution is -0.144. The maximum atomic E-state index is 10.5. The SMILES string of the molecule is CC(=O)NC(CC(=O)NO)C(=O)O. The Morgan fingerprint density at radius 2 is 1.92 bits per heavy atom. The van der Waals surface area contributed by atoms with E-state index in [1.807, 2.05) is 5.32 Å². The van der Waals surface area contributed by atoms with Crippen LogP contribution in [0.1, 0.15) is 13.3 Å². The summed E-state index contributed by atoms with van der Waals surface area (Å²) >= 11 is 0. The Balaban J connectivity index is 4.18. The van der Waals surface area contributed by atoms with Crippen LogP contribution in [0, 0.1) is 0 Å². The monoisotopic (exact) mass is 190 g/mol. The highest BCUT2D eigenvalue weighted by Crippen LogP contribution is 1.92. The second-order valence-corrected chi connectivity index (χ2v) is 2.33. The van der Waals surface area contributed by atoms with Crippen molar-refractivity contribution in [2.24, 2.45) is 0 Å². The van der Waals surface area contributed by atoms with Crippen molar-refractivity contribution >= 4 is 17.8 Å². The molecule has 0 radical (unpaired) electrons. The van der Waals surface area contributed by atoms with Crippen molar-refractivity contribution in [2.75, 3.05) is 0 Å². The zero-order valence-corrected chi connectivity index (χ0v) is 6.90. The second-order valence-electron chi connectivity index (χ2n) is 2.33. The van der Waals surface area contributed by atoms with Gasteiger partial charge in [-0.3, -0.25) is 14.8 Å². The Morgan fingerprint density at radius 3 is 2.23 bits per heavy atom. The van der Waals surface area contributed by atoms with Crippen molar-refractivity contribution in [3.8, 4) is 0 Å². The lowest BCUT2D eigenvalue weighted by atomic mass is 10.2. The predicted molar refractivity (Wildman–Crippen MR) is 39.8 cm³/mol. The average Bonchev–Trinajstić information content (AvgIpc) is 2.02. The van der Waals surface area contributed by atoms with Gasteiger partial charge in [0.05, 0.1) is 6.42 Å². The zero-order chi connectivity index (χ0) is 10.4. The highest BCUT2D eigenvalue weighted by atomic mass is 16.5. The molecule has 7 heteroatoms. The first kappa shape index (κ1) is 11.4. The first-order valence-corrected chi connectivity index (χ1v) is 3.40. The Labute approximate surface area is 73.7 Å². The van der Waals surface area contributed by atoms with E-state index in [9.17, 15) is 14.4 Å². The summed E-state index contributed by atoms with van der Waals surface area (Å²) in [6.45, 7) is 1.13. The molecular formula is C6H10N2O5. The Kier molecular flexibility index (Phi) is 4.45. The molecule has 0 saturated heterocycles. The number of rotatable bonds is 4. The largest absolute Gasteiger partial charge is 0.480 e. The van der Waals surface area contributed by atoms with Crippen LogP contribution in [0.25, 0.3) is 0 Å². The van der Waals surface area contributed by atoms with E-state index in [0.717, 1.165) is 6.92 Å². The smallest absolute Gasteiger partial charge is 0.326 e. The molecule has 1 unspecified atom stereocenters. The van der Waals surface area contributed by atoms with E-state index in [1.54, 1.807) is 0 Å². The van der Waals surface area contributed by atoms with Crippen molar-refractivity contribution in [2.45, 2.75) is 19.4 Å². The van der Waals surface area contributed by atoms with E-state index in [1.165, 1.54) is 5.48 Å². The first-order chi connectivity index (χ1) is 5.97. The maximum absolute atomic E-state index is 10.5. The minimum atomic E-state index is -1.33. The van der Waals surface area contributed by atoms with Gasteiger partial charge in [-0.25, -0.2) is 10.3 Å². The average molecular weight is 190 g/mol. The molecule has 0 saturated carbocycles. The van der Waals surface area contributed by atoms with E-state index in [2.05, 4.69) is 0 Å². The Morgan fingerprint density at radius 1 is 1.38 bits per heavy atom. The van der Waals surface area contributed by atoms with Gasteiger partial charge < -0.3 is 10.4 Å². The van der Waals surface area contributed by atoms with E-state index in [0.29, 0.717) is 0 Å². The molecule has 0 aromatic heterocycles. The summed E-state index contributed by atoms with van der Waals surface area (Å²) in [6, 6.07) is -1.32. The van der Waals surface area contributed by atoms with E-state index < -0.39 is 30.2 Å². The molecule has 4 N–H and O–H groups in total. The van der Waals surface area contributed by atoms with Crippen LogP contribution in [0.15, 0.2) is 0 Å². The third kappa shape index (κ3) is 4.75. The molecular weight excluding hydrogens is 180 g/mol. The van der Waals surface area contributed by atoms with Crippen LogP contribution < -0.4 is 10.8 Å². The van der Waals surface area contributed by atoms with Gasteiger partial charge in [0, 0.05) is 6.92 Å². The lowest BCUT2D eigenvalue weighted by Gasteiger charge is -2.10. The Hall–Kier alpha value is -1.63. The number of carboxylic acids is 1. The van der Waals surface area contributed by atoms with Gasteiger partial charge in [0.25, 0.3) is 0 Å². The van der Waals surface area contributed by atoms with Crippen molar-refractivity contribution in [1.82, 2.24) is 10.8 Å². The number of carbonyl (C=O) groups is 3. The van der Waals surface area contributed by atoms with Gasteiger partial charge in [-0.05, 0) is 0 Å². The molecule has 1 atom stereocenters. The highest BCUT2D eigenvalue weighted by Gasteiger charge is 2.21. The van der Waals surface area contributed by atoms with Gasteiger partial charge in [-0.1, -0.05) is 0 Å². The predicted octanol–water partition coefficient (Wildman–Crippen LogP) is -1.53. The molecule has 0 spiro atoms. The summed E-state index contributed by atoms with van der Waals surface area (Å²) in [4.78, 5) is 31.4. The van der Waals surface area contributed by atoms with Crippen LogP contribution in [-0.2, 0) is 14.4 Å². The minimum Gasteiger partial charge on any atom is -0.480 e. The van der Waals surface area contributed by atoms with Crippen LogP contribution in [0.5, 0.6) is 0 Å². The molecule has 0 aliphatic heterocycles. The molecule has 0 bridgehead atoms. The fourth-order valence-electron chi connectivity index (χ4n) is 0.676. The van der Waals surface area contributed by atoms with Crippen LogP contribution in [-0.4, -0.2) is 34.1 Å². The number of carboxylic acid groups (broad SMARTS) is 1. The van der Waals surface area contributed by atoms with Crippen LogP contribution in [0.4, 0.5) is 0 Å². The third-order valence-corrected chi connectivity index (χ3v) is 1.19. The molecule has 74 valence electrons. The van der Waals surface area contributed by atoms with Crippen molar-refractivity contribution < 1.29 is 24.7 Å². The van der Waals surface area contributed by atoms with Crippen molar-refractivity contribution in [3.63, 3.8) is 0 Å². The normalized spacial score (nSPS) is 11.5. The second kappa shape index (κ2) is 5.09. The molecule has 0 aromatic carbocycles. The lowest BCUT2D eigenvalue weighted by Crippen LogP contribution is -2.42. The van der Waals surface area contributed by atoms with Gasteiger partial charge in [0.15, 0.2) is 0 Å². The van der Waals surface area contributed by atoms with Crippen LogP contribution in [0.2, 0.25) is 0 Å². The number of aliphatic carboxylic acids is 1. The van der Waals surface area contributed by atoms with Crippen LogP contribution >= 0.6 is 0 Å². The number of hydroxylamine groups is 1. The summed E-state index contributed by atoms with van der Waals surface area (Å²) in [5.41, 5.74) is 1.27. The summed E-state index contributed by atoms with van der Waals surface area (Å²) in [5.74, 6) is -2.77. The number of amides is 2. The summed E-state index contributed by atoms with van der Waals surface area (Å²) in [7, 11) is 0. The molecule has 0 aromatic rings. The van der Waals surface area contributed by atoms with E-state index in [-0.39, 0.29) is 0 Å². The van der Waals surface area contributed by atoms with Gasteiger partial charge in [0.2, 0.25) is 11.8 Å². The van der Waals surface area contributed by atoms with Gasteiger partial charge in [-0.15, -0.1) is 0 Å². The number of hydrogen-bond acceptors (Lipinski definition) is 4. The third-order valence-electron chi connectivity index (χ3n) is 1.19. The van der Waals surface area contributed by atoms with Gasteiger partial charge in [0.1, 0.15) is 6.04 Å². The summed E-state index contributed by atoms with van der Waals surface area (Å²) in [5, 5.41) is 18.6. The first-order valence-electron chi connectivity index (χ1n) is 3.40. The fourth-order valence-corrected chi connectivity index (χ4v) is 0.676. The molecule has 7 nitrogen and oxygen atoms in total. The zero-order valence-electron chi connectivity index (χ0n) is 6.90. The minimum absolute atomic E-state index is 0.509. The molecule has 2 amide bonds. The molecule has 0 aliphatic carbocycles. The van der Waals surface area contributed by atoms with Gasteiger partial charge >= 0.3 is 5.97 Å².